The zero-order valence-corrected chi connectivity index (χ0v) is 34.5. The highest BCUT2D eigenvalue weighted by Gasteiger charge is 2.20. The number of nitrogens with zero attached hydrogens (tertiary/aromatic N) is 2. The number of aromatic nitrogens is 4. The first-order chi connectivity index (χ1) is 31.1. The molecule has 8 bridgehead atoms. The van der Waals surface area contributed by atoms with Crippen molar-refractivity contribution in [2.24, 2.45) is 0 Å². The Balaban J connectivity index is 1.13. The van der Waals surface area contributed by atoms with E-state index in [1.807, 2.05) is 67.6 Å². The standard InChI is InChI=1S/C57H41N5O/c1-36(43-23-13-21-37-14-11-12-22-44(37)43)58-57(63)42-26-24-41(25-27-42)56-51-34-32-49(61-51)54(39-17-7-3-8-18-39)47-30-28-45(59-47)53(38-15-5-2-6-16-38)46-29-31-48(60-46)55(40-19-9-4-10-20-40)50-33-35-52(56)62-50/h2-36,59,62H,1H3,(H,58,63)/t36-/m0/s1. The monoisotopic (exact) mass is 811 g/mol. The van der Waals surface area contributed by atoms with Gasteiger partial charge in [-0.1, -0.05) is 146 Å². The van der Waals surface area contributed by atoms with Crippen LogP contribution in [-0.4, -0.2) is 25.8 Å². The lowest BCUT2D eigenvalue weighted by Gasteiger charge is -2.17. The van der Waals surface area contributed by atoms with Crippen LogP contribution in [0.1, 0.15) is 51.7 Å². The van der Waals surface area contributed by atoms with Crippen molar-refractivity contribution in [3.05, 3.63) is 216 Å². The fourth-order valence-electron chi connectivity index (χ4n) is 9.01. The van der Waals surface area contributed by atoms with E-state index >= 15 is 0 Å². The van der Waals surface area contributed by atoms with Crippen LogP contribution in [0.2, 0.25) is 0 Å². The molecule has 0 aliphatic carbocycles. The first kappa shape index (κ1) is 37.6. The van der Waals surface area contributed by atoms with Crippen LogP contribution in [0.25, 0.3) is 102 Å². The van der Waals surface area contributed by atoms with Crippen LogP contribution in [0.5, 0.6) is 0 Å². The van der Waals surface area contributed by atoms with Gasteiger partial charge in [0.2, 0.25) is 0 Å². The van der Waals surface area contributed by atoms with Crippen LogP contribution < -0.4 is 5.32 Å². The van der Waals surface area contributed by atoms with Crippen LogP contribution in [0.3, 0.4) is 0 Å². The topological polar surface area (TPSA) is 86.5 Å². The molecular weight excluding hydrogens is 771 g/mol. The van der Waals surface area contributed by atoms with Gasteiger partial charge in [0.1, 0.15) is 0 Å². The molecule has 3 N–H and O–H groups in total. The Bertz CT molecular complexity index is 3390. The molecule has 63 heavy (non-hydrogen) atoms. The third-order valence-corrected chi connectivity index (χ3v) is 12.0. The van der Waals surface area contributed by atoms with E-state index in [1.165, 1.54) is 0 Å². The summed E-state index contributed by atoms with van der Waals surface area (Å²) < 4.78 is 0. The molecule has 300 valence electrons. The van der Waals surface area contributed by atoms with E-state index in [9.17, 15) is 4.79 Å². The Morgan fingerprint density at radius 3 is 1.25 bits per heavy atom. The zero-order chi connectivity index (χ0) is 42.3. The summed E-state index contributed by atoms with van der Waals surface area (Å²) in [5.41, 5.74) is 16.7. The van der Waals surface area contributed by atoms with E-state index in [4.69, 9.17) is 9.97 Å². The van der Waals surface area contributed by atoms with Gasteiger partial charge in [0.15, 0.2) is 0 Å². The summed E-state index contributed by atoms with van der Waals surface area (Å²) >= 11 is 0. The first-order valence-electron chi connectivity index (χ1n) is 21.3. The number of carbonyl (C=O) groups excluding carboxylic acids is 1. The molecule has 0 radical (unpaired) electrons. The fraction of sp³-hybridized carbons (Fsp3) is 0.0351. The number of hydrogen-bond acceptors (Lipinski definition) is 3. The van der Waals surface area contributed by atoms with E-state index in [2.05, 4.69) is 161 Å². The second-order valence-electron chi connectivity index (χ2n) is 15.9. The normalized spacial score (nSPS) is 12.4. The van der Waals surface area contributed by atoms with Crippen molar-refractivity contribution in [2.45, 2.75) is 13.0 Å². The minimum Gasteiger partial charge on any atom is -0.354 e. The third-order valence-electron chi connectivity index (χ3n) is 12.0. The van der Waals surface area contributed by atoms with Gasteiger partial charge >= 0.3 is 0 Å². The maximum atomic E-state index is 13.8. The Morgan fingerprint density at radius 1 is 0.429 bits per heavy atom. The number of fused-ring (bicyclic) bond motifs is 9. The maximum absolute atomic E-state index is 13.8. The number of carbonyl (C=O) groups is 1. The number of nitrogens with one attached hydrogen (secondary N) is 3. The summed E-state index contributed by atoms with van der Waals surface area (Å²) in [5.74, 6) is -0.135. The van der Waals surface area contributed by atoms with Crippen molar-refractivity contribution in [2.75, 3.05) is 0 Å². The summed E-state index contributed by atoms with van der Waals surface area (Å²) in [6.45, 7) is 2.03. The second kappa shape index (κ2) is 15.9. The first-order valence-corrected chi connectivity index (χ1v) is 21.3. The summed E-state index contributed by atoms with van der Waals surface area (Å²) in [6, 6.07) is 62.0. The molecule has 2 aliphatic rings. The van der Waals surface area contributed by atoms with Gasteiger partial charge in [0.05, 0.1) is 28.8 Å². The van der Waals surface area contributed by atoms with Gasteiger partial charge < -0.3 is 15.3 Å². The van der Waals surface area contributed by atoms with Gasteiger partial charge in [0, 0.05) is 49.9 Å². The van der Waals surface area contributed by atoms with Crippen molar-refractivity contribution >= 4 is 63.1 Å². The lowest BCUT2D eigenvalue weighted by atomic mass is 9.99. The quantitative estimate of drug-likeness (QED) is 0.150. The molecule has 3 aromatic heterocycles. The van der Waals surface area contributed by atoms with E-state index in [1.54, 1.807) is 0 Å². The number of H-pyrrole nitrogens is 2. The average Bonchev–Trinajstić information content (AvgIpc) is 4.19. The summed E-state index contributed by atoms with van der Waals surface area (Å²) in [6.07, 6.45) is 8.43. The minimum absolute atomic E-state index is 0.135. The molecule has 6 heteroatoms. The van der Waals surface area contributed by atoms with E-state index in [0.29, 0.717) is 5.56 Å². The van der Waals surface area contributed by atoms with Crippen LogP contribution in [0.15, 0.2) is 182 Å². The molecule has 0 saturated carbocycles. The lowest BCUT2D eigenvalue weighted by molar-refractivity contribution is 0.0940. The number of hydrogen-bond donors (Lipinski definition) is 3. The van der Waals surface area contributed by atoms with Crippen molar-refractivity contribution < 1.29 is 4.79 Å². The number of aromatic amines is 2. The molecule has 0 fully saturated rings. The third kappa shape index (κ3) is 7.03. The van der Waals surface area contributed by atoms with Crippen molar-refractivity contribution in [1.82, 2.24) is 25.3 Å². The van der Waals surface area contributed by atoms with Crippen molar-refractivity contribution in [3.8, 4) is 44.5 Å². The van der Waals surface area contributed by atoms with Gasteiger partial charge in [-0.2, -0.15) is 0 Å². The molecule has 1 amide bonds. The summed E-state index contributed by atoms with van der Waals surface area (Å²) in [7, 11) is 0. The van der Waals surface area contributed by atoms with Gasteiger partial charge in [-0.15, -0.1) is 0 Å². The van der Waals surface area contributed by atoms with E-state index in [-0.39, 0.29) is 11.9 Å². The smallest absolute Gasteiger partial charge is 0.251 e. The lowest BCUT2D eigenvalue weighted by Crippen LogP contribution is -2.26. The SMILES string of the molecule is C[C@H](NC(=O)c1ccc(-c2c3nc(c(-c4ccccc4)c4ccc([nH]4)c(-c4ccccc4)c4nc(c(-c5ccccc5)c5ccc2[nH]5)C=C4)C=C3)cc1)c1cccc2ccccc12. The highest BCUT2D eigenvalue weighted by atomic mass is 16.1. The molecule has 0 saturated heterocycles. The Hall–Kier alpha value is -8.35. The van der Waals surface area contributed by atoms with Crippen molar-refractivity contribution in [1.29, 1.82) is 0 Å². The molecule has 5 heterocycles. The Morgan fingerprint density at radius 2 is 0.810 bits per heavy atom. The molecule has 9 aromatic rings. The van der Waals surface area contributed by atoms with Crippen molar-refractivity contribution in [3.63, 3.8) is 0 Å². The number of rotatable bonds is 7. The molecule has 11 rings (SSSR count). The molecule has 0 spiro atoms. The average molecular weight is 812 g/mol. The molecule has 0 unspecified atom stereocenters. The molecule has 6 nitrogen and oxygen atoms in total. The molecular formula is C57H41N5O. The highest BCUT2D eigenvalue weighted by molar-refractivity contribution is 6.01. The number of amides is 1. The van der Waals surface area contributed by atoms with Crippen LogP contribution in [0.4, 0.5) is 0 Å². The van der Waals surface area contributed by atoms with Gasteiger partial charge in [0.25, 0.3) is 5.91 Å². The summed E-state index contributed by atoms with van der Waals surface area (Å²) in [4.78, 5) is 32.3. The van der Waals surface area contributed by atoms with Crippen LogP contribution in [0, 0.1) is 0 Å². The van der Waals surface area contributed by atoms with Gasteiger partial charge in [-0.3, -0.25) is 4.79 Å². The van der Waals surface area contributed by atoms with E-state index in [0.717, 1.165) is 106 Å². The predicted octanol–water partition coefficient (Wildman–Crippen LogP) is 14.0. The zero-order valence-electron chi connectivity index (χ0n) is 34.5. The highest BCUT2D eigenvalue weighted by Crippen LogP contribution is 2.38. The maximum Gasteiger partial charge on any atom is 0.251 e. The van der Waals surface area contributed by atoms with Crippen LogP contribution in [-0.2, 0) is 0 Å². The fourth-order valence-corrected chi connectivity index (χ4v) is 9.01. The largest absolute Gasteiger partial charge is 0.354 e. The Kier molecular flexibility index (Phi) is 9.51. The molecule has 1 atom stereocenters. The van der Waals surface area contributed by atoms with Crippen LogP contribution >= 0.6 is 0 Å². The number of benzene rings is 6. The summed E-state index contributed by atoms with van der Waals surface area (Å²) in [5, 5.41) is 5.53. The molecule has 6 aromatic carbocycles. The Labute approximate surface area is 365 Å². The van der Waals surface area contributed by atoms with Gasteiger partial charge in [-0.05, 0) is 106 Å². The van der Waals surface area contributed by atoms with Gasteiger partial charge in [-0.25, -0.2) is 9.97 Å². The molecule has 2 aliphatic heterocycles. The minimum atomic E-state index is -0.188. The van der Waals surface area contributed by atoms with E-state index < -0.39 is 0 Å². The predicted molar refractivity (Wildman–Crippen MR) is 260 cm³/mol. The second-order valence-corrected chi connectivity index (χ2v) is 15.9.